The monoisotopic (exact) mass is 382 g/mol. The van der Waals surface area contributed by atoms with Crippen LogP contribution in [0, 0.1) is 0 Å². The average molecular weight is 382 g/mol. The third kappa shape index (κ3) is 3.75. The highest BCUT2D eigenvalue weighted by molar-refractivity contribution is 6.46. The average Bonchev–Trinajstić information content (AvgIpc) is 2.97. The molecule has 0 saturated carbocycles. The lowest BCUT2D eigenvalue weighted by atomic mass is 9.96. The minimum Gasteiger partial charge on any atom is -0.507 e. The number of carbonyl (C=O) groups is 2. The van der Waals surface area contributed by atoms with Crippen molar-refractivity contribution in [1.29, 1.82) is 0 Å². The molecule has 0 spiro atoms. The van der Waals surface area contributed by atoms with Crippen molar-refractivity contribution in [2.75, 3.05) is 26.9 Å². The molecule has 0 aliphatic carbocycles. The smallest absolute Gasteiger partial charge is 0.295 e. The van der Waals surface area contributed by atoms with Crippen molar-refractivity contribution in [3.63, 3.8) is 0 Å². The van der Waals surface area contributed by atoms with Gasteiger partial charge in [0, 0.05) is 31.6 Å². The van der Waals surface area contributed by atoms with Crippen LogP contribution in [0.5, 0.6) is 5.75 Å². The number of pyridine rings is 1. The summed E-state index contributed by atoms with van der Waals surface area (Å²) >= 11 is 0. The Balaban J connectivity index is 2.12. The Morgan fingerprint density at radius 2 is 2.07 bits per heavy atom. The Kier molecular flexibility index (Phi) is 6.06. The predicted octanol–water partition coefficient (Wildman–Crippen LogP) is 2.55. The summed E-state index contributed by atoms with van der Waals surface area (Å²) in [6, 6.07) is 9.55. The van der Waals surface area contributed by atoms with Crippen LogP contribution in [0.25, 0.3) is 5.76 Å². The van der Waals surface area contributed by atoms with E-state index in [0.29, 0.717) is 23.5 Å². The van der Waals surface area contributed by atoms with Crippen LogP contribution in [0.2, 0.25) is 0 Å². The van der Waals surface area contributed by atoms with Gasteiger partial charge in [0.05, 0.1) is 24.8 Å². The fraction of sp³-hybridized carbons (Fsp3) is 0.286. The second-order valence-electron chi connectivity index (χ2n) is 6.23. The highest BCUT2D eigenvalue weighted by Gasteiger charge is 2.45. The van der Waals surface area contributed by atoms with Crippen LogP contribution in [-0.4, -0.2) is 53.5 Å². The molecule has 1 aromatic heterocycles. The molecular formula is C21H22N2O5. The molecule has 0 radical (unpaired) electrons. The Morgan fingerprint density at radius 1 is 1.25 bits per heavy atom. The zero-order chi connectivity index (χ0) is 20.1. The zero-order valence-electron chi connectivity index (χ0n) is 15.8. The molecule has 146 valence electrons. The first-order valence-electron chi connectivity index (χ1n) is 8.99. The first-order valence-corrected chi connectivity index (χ1v) is 8.99. The van der Waals surface area contributed by atoms with Gasteiger partial charge < -0.3 is 19.5 Å². The van der Waals surface area contributed by atoms with E-state index in [1.165, 1.54) is 12.0 Å². The van der Waals surface area contributed by atoms with E-state index in [1.807, 2.05) is 6.92 Å². The number of hydrogen-bond donors (Lipinski definition) is 1. The van der Waals surface area contributed by atoms with E-state index in [2.05, 4.69) is 4.98 Å². The molecule has 1 N–H and O–H groups in total. The second-order valence-corrected chi connectivity index (χ2v) is 6.23. The number of rotatable bonds is 7. The number of carbonyl (C=O) groups excluding carboxylic acids is 2. The van der Waals surface area contributed by atoms with Crippen molar-refractivity contribution in [3.05, 3.63) is 65.5 Å². The van der Waals surface area contributed by atoms with Gasteiger partial charge >= 0.3 is 0 Å². The molecule has 1 aliphatic heterocycles. The largest absolute Gasteiger partial charge is 0.507 e. The molecule has 1 amide bonds. The van der Waals surface area contributed by atoms with Crippen molar-refractivity contribution in [2.24, 2.45) is 0 Å². The van der Waals surface area contributed by atoms with E-state index in [-0.39, 0.29) is 24.5 Å². The first kappa shape index (κ1) is 19.6. The van der Waals surface area contributed by atoms with E-state index in [0.717, 1.165) is 0 Å². The van der Waals surface area contributed by atoms with Crippen LogP contribution in [0.1, 0.15) is 24.1 Å². The number of Topliss-reactive ketones (excluding diaryl/α,β-unsaturated/α-hetero) is 1. The maximum absolute atomic E-state index is 12.8. The number of likely N-dealkylation sites (tertiary alicyclic amines) is 1. The molecule has 3 rings (SSSR count). The number of amides is 1. The number of aliphatic hydroxyl groups is 1. The van der Waals surface area contributed by atoms with Gasteiger partial charge in [0.2, 0.25) is 0 Å². The van der Waals surface area contributed by atoms with E-state index in [4.69, 9.17) is 9.47 Å². The number of aromatic nitrogens is 1. The van der Waals surface area contributed by atoms with E-state index >= 15 is 0 Å². The third-order valence-corrected chi connectivity index (χ3v) is 4.49. The summed E-state index contributed by atoms with van der Waals surface area (Å²) in [5.74, 6) is -1.08. The highest BCUT2D eigenvalue weighted by Crippen LogP contribution is 2.39. The summed E-state index contributed by atoms with van der Waals surface area (Å²) in [7, 11) is 1.52. The number of aliphatic hydroxyl groups excluding tert-OH is 1. The minimum absolute atomic E-state index is 0.0303. The summed E-state index contributed by atoms with van der Waals surface area (Å²) in [6.07, 6.45) is 3.19. The van der Waals surface area contributed by atoms with Gasteiger partial charge in [-0.05, 0) is 30.7 Å². The Bertz CT molecular complexity index is 895. The zero-order valence-corrected chi connectivity index (χ0v) is 15.8. The molecule has 1 atom stereocenters. The first-order chi connectivity index (χ1) is 13.6. The van der Waals surface area contributed by atoms with Crippen LogP contribution >= 0.6 is 0 Å². The summed E-state index contributed by atoms with van der Waals surface area (Å²) in [5, 5.41) is 10.9. The lowest BCUT2D eigenvalue weighted by Crippen LogP contribution is -2.32. The van der Waals surface area contributed by atoms with Crippen molar-refractivity contribution in [1.82, 2.24) is 9.88 Å². The molecule has 1 aromatic carbocycles. The minimum atomic E-state index is -0.736. The third-order valence-electron chi connectivity index (χ3n) is 4.49. The molecule has 0 bridgehead atoms. The van der Waals surface area contributed by atoms with Gasteiger partial charge in [-0.2, -0.15) is 0 Å². The standard InChI is InChI=1S/C21H22N2O5/c1-3-28-16-8-4-6-14(12-16)19(24)17-18(15-7-5-9-22-13-15)23(10-11-27-2)21(26)20(17)25/h4-9,12-13,18,24H,3,10-11H2,1-2H3/b19-17-. The summed E-state index contributed by atoms with van der Waals surface area (Å²) in [5.41, 5.74) is 1.08. The van der Waals surface area contributed by atoms with Crippen LogP contribution in [0.4, 0.5) is 0 Å². The van der Waals surface area contributed by atoms with Crippen molar-refractivity contribution < 1.29 is 24.2 Å². The van der Waals surface area contributed by atoms with Crippen LogP contribution in [0.15, 0.2) is 54.4 Å². The topological polar surface area (TPSA) is 89.0 Å². The molecule has 2 heterocycles. The quantitative estimate of drug-likeness (QED) is 0.450. The summed E-state index contributed by atoms with van der Waals surface area (Å²) < 4.78 is 10.5. The maximum atomic E-state index is 12.8. The summed E-state index contributed by atoms with van der Waals surface area (Å²) in [6.45, 7) is 2.82. The van der Waals surface area contributed by atoms with Crippen LogP contribution in [0.3, 0.4) is 0 Å². The molecule has 1 saturated heterocycles. The normalized spacial score (nSPS) is 18.5. The van der Waals surface area contributed by atoms with Gasteiger partial charge in [-0.1, -0.05) is 18.2 Å². The Labute approximate surface area is 163 Å². The SMILES string of the molecule is CCOc1cccc(/C(O)=C2/C(=O)C(=O)N(CCOC)C2c2cccnc2)c1. The number of benzene rings is 1. The lowest BCUT2D eigenvalue weighted by Gasteiger charge is -2.24. The van der Waals surface area contributed by atoms with Crippen molar-refractivity contribution in [3.8, 4) is 5.75 Å². The molecule has 1 aliphatic rings. The number of nitrogens with zero attached hydrogens (tertiary/aromatic N) is 2. The lowest BCUT2D eigenvalue weighted by molar-refractivity contribution is -0.140. The maximum Gasteiger partial charge on any atom is 0.295 e. The molecule has 1 fully saturated rings. The van der Waals surface area contributed by atoms with Gasteiger partial charge in [0.25, 0.3) is 11.7 Å². The summed E-state index contributed by atoms with van der Waals surface area (Å²) in [4.78, 5) is 30.9. The van der Waals surface area contributed by atoms with Crippen molar-refractivity contribution in [2.45, 2.75) is 13.0 Å². The van der Waals surface area contributed by atoms with Crippen LogP contribution in [-0.2, 0) is 14.3 Å². The van der Waals surface area contributed by atoms with Gasteiger partial charge in [0.1, 0.15) is 11.5 Å². The molecule has 28 heavy (non-hydrogen) atoms. The molecule has 2 aromatic rings. The van der Waals surface area contributed by atoms with E-state index in [9.17, 15) is 14.7 Å². The van der Waals surface area contributed by atoms with Crippen molar-refractivity contribution >= 4 is 17.4 Å². The highest BCUT2D eigenvalue weighted by atomic mass is 16.5. The van der Waals surface area contributed by atoms with Gasteiger partial charge in [0.15, 0.2) is 0 Å². The molecular weight excluding hydrogens is 360 g/mol. The second kappa shape index (κ2) is 8.67. The fourth-order valence-corrected chi connectivity index (χ4v) is 3.24. The van der Waals surface area contributed by atoms with Gasteiger partial charge in [-0.25, -0.2) is 0 Å². The Morgan fingerprint density at radius 3 is 2.75 bits per heavy atom. The number of ether oxygens (including phenoxy) is 2. The molecule has 7 nitrogen and oxygen atoms in total. The number of methoxy groups -OCH3 is 1. The van der Waals surface area contributed by atoms with Gasteiger partial charge in [-0.3, -0.25) is 14.6 Å². The number of ketones is 1. The molecule has 7 heteroatoms. The van der Waals surface area contributed by atoms with Crippen LogP contribution < -0.4 is 4.74 Å². The van der Waals surface area contributed by atoms with E-state index < -0.39 is 17.7 Å². The fourth-order valence-electron chi connectivity index (χ4n) is 3.24. The molecule has 1 unspecified atom stereocenters. The predicted molar refractivity (Wildman–Crippen MR) is 103 cm³/mol. The van der Waals surface area contributed by atoms with Gasteiger partial charge in [-0.15, -0.1) is 0 Å². The Hall–Kier alpha value is -3.19. The number of hydrogen-bond acceptors (Lipinski definition) is 6. The van der Waals surface area contributed by atoms with E-state index in [1.54, 1.807) is 48.8 Å².